The van der Waals surface area contributed by atoms with Crippen LogP contribution in [0, 0.1) is 0 Å². The third kappa shape index (κ3) is 5.74. The maximum absolute atomic E-state index is 13.7. The molecule has 0 bridgehead atoms. The number of para-hydroxylation sites is 2. The van der Waals surface area contributed by atoms with E-state index in [0.29, 0.717) is 54.8 Å². The number of anilines is 2. The fourth-order valence-corrected chi connectivity index (χ4v) is 7.00. The minimum absolute atomic E-state index is 0. The van der Waals surface area contributed by atoms with E-state index in [1.807, 2.05) is 68.4 Å². The molecule has 0 saturated heterocycles. The van der Waals surface area contributed by atoms with Crippen molar-refractivity contribution in [2.24, 2.45) is 0 Å². The number of thiazole rings is 1. The first-order valence-electron chi connectivity index (χ1n) is 12.5. The number of sulfonamides is 1. The number of fused-ring (bicyclic) bond motifs is 2. The predicted octanol–water partition coefficient (Wildman–Crippen LogP) is 5.08. The molecule has 3 aromatic carbocycles. The molecule has 0 spiro atoms. The van der Waals surface area contributed by atoms with E-state index in [9.17, 15) is 13.2 Å². The number of carbonyl (C=O) groups excluding carboxylic acids is 1. The molecule has 1 aliphatic rings. The molecule has 0 radical (unpaired) electrons. The lowest BCUT2D eigenvalue weighted by molar-refractivity contribution is 0.0985. The van der Waals surface area contributed by atoms with Crippen LogP contribution in [0.3, 0.4) is 0 Å². The first-order valence-corrected chi connectivity index (χ1v) is 14.7. The molecular weight excluding hydrogens is 556 g/mol. The van der Waals surface area contributed by atoms with E-state index in [4.69, 9.17) is 9.72 Å². The van der Waals surface area contributed by atoms with Crippen LogP contribution in [-0.4, -0.2) is 64.5 Å². The maximum atomic E-state index is 13.7. The van der Waals surface area contributed by atoms with Crippen LogP contribution in [0.2, 0.25) is 0 Å². The summed E-state index contributed by atoms with van der Waals surface area (Å²) < 4.78 is 34.9. The minimum Gasteiger partial charge on any atom is -0.492 e. The van der Waals surface area contributed by atoms with Crippen molar-refractivity contribution < 1.29 is 17.9 Å². The number of likely N-dealkylation sites (N-methyl/N-ethyl adjacent to an activating group) is 1. The Labute approximate surface area is 239 Å². The van der Waals surface area contributed by atoms with E-state index in [0.717, 1.165) is 15.8 Å². The van der Waals surface area contributed by atoms with Crippen molar-refractivity contribution in [3.05, 3.63) is 77.9 Å². The maximum Gasteiger partial charge on any atom is 0.264 e. The predicted molar refractivity (Wildman–Crippen MR) is 159 cm³/mol. The first kappa shape index (κ1) is 28.8. The van der Waals surface area contributed by atoms with Gasteiger partial charge in [-0.05, 0) is 75.5 Å². The Morgan fingerprint density at radius 2 is 1.77 bits per heavy atom. The Morgan fingerprint density at radius 1 is 1.03 bits per heavy atom. The molecule has 0 N–H and O–H groups in total. The number of benzene rings is 3. The highest BCUT2D eigenvalue weighted by Gasteiger charge is 2.31. The van der Waals surface area contributed by atoms with Gasteiger partial charge in [0, 0.05) is 25.2 Å². The van der Waals surface area contributed by atoms with Gasteiger partial charge in [-0.1, -0.05) is 35.6 Å². The van der Waals surface area contributed by atoms with Gasteiger partial charge in [0.1, 0.15) is 11.3 Å². The summed E-state index contributed by atoms with van der Waals surface area (Å²) in [7, 11) is 0.159. The fourth-order valence-electron chi connectivity index (χ4n) is 4.49. The van der Waals surface area contributed by atoms with Crippen LogP contribution in [0.15, 0.2) is 71.6 Å². The quantitative estimate of drug-likeness (QED) is 0.272. The first-order chi connectivity index (χ1) is 18.3. The van der Waals surface area contributed by atoms with Crippen LogP contribution in [0.25, 0.3) is 10.2 Å². The van der Waals surface area contributed by atoms with Gasteiger partial charge in [-0.25, -0.2) is 13.4 Å². The van der Waals surface area contributed by atoms with E-state index in [2.05, 4.69) is 0 Å². The largest absolute Gasteiger partial charge is 0.492 e. The second-order valence-electron chi connectivity index (χ2n) is 9.27. The zero-order valence-electron chi connectivity index (χ0n) is 22.0. The van der Waals surface area contributed by atoms with E-state index in [1.54, 1.807) is 17.0 Å². The summed E-state index contributed by atoms with van der Waals surface area (Å²) in [5.41, 5.74) is 2.85. The summed E-state index contributed by atoms with van der Waals surface area (Å²) in [5, 5.41) is 0.573. The molecule has 4 aromatic rings. The van der Waals surface area contributed by atoms with Crippen molar-refractivity contribution in [3.63, 3.8) is 0 Å². The number of rotatable bonds is 9. The molecule has 1 aliphatic heterocycles. The summed E-state index contributed by atoms with van der Waals surface area (Å²) >= 11 is 1.43. The zero-order valence-corrected chi connectivity index (χ0v) is 24.5. The van der Waals surface area contributed by atoms with Crippen molar-refractivity contribution in [1.82, 2.24) is 9.88 Å². The highest BCUT2D eigenvalue weighted by atomic mass is 35.5. The third-order valence-electron chi connectivity index (χ3n) is 6.45. The molecule has 0 fully saturated rings. The molecule has 8 nitrogen and oxygen atoms in total. The summed E-state index contributed by atoms with van der Waals surface area (Å²) in [6, 6.07) is 19.5. The SMILES string of the molecule is CCOc1cccc2sc(N(CCN(C)C)C(=O)c3ccc(S(=O)(=O)N4CCc5ccccc54)cc3)nc12.Cl. The molecule has 0 aliphatic carbocycles. The van der Waals surface area contributed by atoms with Crippen LogP contribution in [-0.2, 0) is 16.4 Å². The van der Waals surface area contributed by atoms with Gasteiger partial charge in [0.05, 0.1) is 21.9 Å². The Morgan fingerprint density at radius 3 is 2.49 bits per heavy atom. The van der Waals surface area contributed by atoms with Crippen LogP contribution in [0.5, 0.6) is 5.75 Å². The molecule has 0 unspecified atom stereocenters. The number of nitrogens with zero attached hydrogens (tertiary/aromatic N) is 4. The van der Waals surface area contributed by atoms with Gasteiger partial charge >= 0.3 is 0 Å². The second-order valence-corrected chi connectivity index (χ2v) is 12.1. The molecule has 39 heavy (non-hydrogen) atoms. The lowest BCUT2D eigenvalue weighted by Gasteiger charge is -2.22. The molecule has 2 heterocycles. The lowest BCUT2D eigenvalue weighted by Crippen LogP contribution is -2.36. The minimum atomic E-state index is -3.74. The van der Waals surface area contributed by atoms with Gasteiger partial charge in [0.25, 0.3) is 15.9 Å². The standard InChI is InChI=1S/C28H30N4O4S2.ClH/c1-4-36-24-10-7-11-25-26(24)29-28(37-25)31(19-18-30(2)3)27(33)21-12-14-22(15-13-21)38(34,35)32-17-16-20-8-5-6-9-23(20)32;/h5-15H,4,16-19H2,1-3H3;1H. The van der Waals surface area contributed by atoms with Crippen molar-refractivity contribution >= 4 is 60.7 Å². The monoisotopic (exact) mass is 586 g/mol. The number of hydrogen-bond donors (Lipinski definition) is 0. The van der Waals surface area contributed by atoms with Crippen molar-refractivity contribution in [1.29, 1.82) is 0 Å². The van der Waals surface area contributed by atoms with Crippen molar-refractivity contribution in [2.75, 3.05) is 49.5 Å². The van der Waals surface area contributed by atoms with Gasteiger partial charge in [-0.15, -0.1) is 12.4 Å². The second kappa shape index (κ2) is 11.9. The number of carbonyl (C=O) groups is 1. The van der Waals surface area contributed by atoms with Gasteiger partial charge in [-0.2, -0.15) is 0 Å². The molecule has 0 saturated carbocycles. The Kier molecular flexibility index (Phi) is 8.80. The summed E-state index contributed by atoms with van der Waals surface area (Å²) in [4.78, 5) is 22.3. The topological polar surface area (TPSA) is 83.0 Å². The molecule has 1 aromatic heterocycles. The lowest BCUT2D eigenvalue weighted by atomic mass is 10.2. The highest BCUT2D eigenvalue weighted by Crippen LogP contribution is 2.35. The molecule has 11 heteroatoms. The number of halogens is 1. The van der Waals surface area contributed by atoms with E-state index in [1.165, 1.54) is 27.8 Å². The van der Waals surface area contributed by atoms with Crippen LogP contribution >= 0.6 is 23.7 Å². The Bertz CT molecular complexity index is 1570. The number of amides is 1. The number of aromatic nitrogens is 1. The van der Waals surface area contributed by atoms with Crippen molar-refractivity contribution in [3.8, 4) is 5.75 Å². The van der Waals surface area contributed by atoms with Crippen LogP contribution < -0.4 is 13.9 Å². The smallest absolute Gasteiger partial charge is 0.264 e. The van der Waals surface area contributed by atoms with Crippen LogP contribution in [0.4, 0.5) is 10.8 Å². The number of ether oxygens (including phenoxy) is 1. The number of hydrogen-bond acceptors (Lipinski definition) is 7. The normalized spacial score (nSPS) is 12.9. The highest BCUT2D eigenvalue weighted by molar-refractivity contribution is 7.92. The van der Waals surface area contributed by atoms with E-state index < -0.39 is 10.0 Å². The average Bonchev–Trinajstić information content (AvgIpc) is 3.54. The molecule has 1 amide bonds. The molecular formula is C28H31ClN4O4S2. The molecule has 0 atom stereocenters. The van der Waals surface area contributed by atoms with Crippen LogP contribution in [0.1, 0.15) is 22.8 Å². The fraction of sp³-hybridized carbons (Fsp3) is 0.286. The molecule has 206 valence electrons. The summed E-state index contributed by atoms with van der Waals surface area (Å²) in [6.07, 6.45) is 0.681. The zero-order chi connectivity index (χ0) is 26.9. The summed E-state index contributed by atoms with van der Waals surface area (Å²) in [5.74, 6) is 0.449. The Hall–Kier alpha value is -3.18. The van der Waals surface area contributed by atoms with Gasteiger partial charge in [-0.3, -0.25) is 14.0 Å². The molecule has 5 rings (SSSR count). The van der Waals surface area contributed by atoms with Crippen molar-refractivity contribution in [2.45, 2.75) is 18.2 Å². The van der Waals surface area contributed by atoms with E-state index >= 15 is 0 Å². The Balaban J connectivity index is 0.00000353. The van der Waals surface area contributed by atoms with E-state index in [-0.39, 0.29) is 23.2 Å². The van der Waals surface area contributed by atoms with Gasteiger partial charge < -0.3 is 9.64 Å². The third-order valence-corrected chi connectivity index (χ3v) is 9.32. The van der Waals surface area contributed by atoms with Gasteiger partial charge in [0.15, 0.2) is 5.13 Å². The van der Waals surface area contributed by atoms with Gasteiger partial charge in [0.2, 0.25) is 0 Å². The summed E-state index contributed by atoms with van der Waals surface area (Å²) in [6.45, 7) is 3.92. The average molecular weight is 587 g/mol.